The second-order valence-corrected chi connectivity index (χ2v) is 6.27. The second kappa shape index (κ2) is 7.56. The molecule has 0 fully saturated rings. The van der Waals surface area contributed by atoms with Crippen LogP contribution in [0.15, 0.2) is 46.1 Å². The molecule has 0 saturated carbocycles. The number of hydrazone groups is 1. The summed E-state index contributed by atoms with van der Waals surface area (Å²) < 4.78 is 58.5. The normalized spacial score (nSPS) is 14.4. The second-order valence-electron chi connectivity index (χ2n) is 5.36. The maximum absolute atomic E-state index is 15.2. The van der Waals surface area contributed by atoms with Gasteiger partial charge in [-0.1, -0.05) is 0 Å². The predicted octanol–water partition coefficient (Wildman–Crippen LogP) is 2.18. The molecule has 6 nitrogen and oxygen atoms in total. The minimum absolute atomic E-state index is 0.410. The van der Waals surface area contributed by atoms with E-state index >= 15 is 8.78 Å². The molecule has 1 atom stereocenters. The van der Waals surface area contributed by atoms with Crippen molar-refractivity contribution in [3.05, 3.63) is 63.9 Å². The van der Waals surface area contributed by atoms with E-state index < -0.39 is 41.0 Å². The van der Waals surface area contributed by atoms with E-state index in [2.05, 4.69) is 26.0 Å². The van der Waals surface area contributed by atoms with Gasteiger partial charge in [-0.05, 0) is 46.3 Å². The molecule has 0 radical (unpaired) electrons. The van der Waals surface area contributed by atoms with E-state index in [0.717, 1.165) is 24.7 Å². The van der Waals surface area contributed by atoms with Crippen molar-refractivity contribution in [2.24, 2.45) is 16.8 Å². The first kappa shape index (κ1) is 20.1. The molecular weight excluding hydrogens is 422 g/mol. The first-order valence-electron chi connectivity index (χ1n) is 7.04. The molecule has 0 amide bonds. The molecule has 11 heteroatoms. The topological polar surface area (TPSA) is 101 Å². The molecule has 0 aliphatic rings. The largest absolute Gasteiger partial charge is 0.377 e. The van der Waals surface area contributed by atoms with Gasteiger partial charge in [0.05, 0.1) is 6.54 Å². The number of hydrazine groups is 1. The first-order chi connectivity index (χ1) is 12.1. The van der Waals surface area contributed by atoms with Gasteiger partial charge >= 0.3 is 5.92 Å². The van der Waals surface area contributed by atoms with Crippen molar-refractivity contribution in [1.29, 1.82) is 0 Å². The number of nitrogens with zero attached hydrogens (tertiary/aromatic N) is 3. The third-order valence-corrected chi connectivity index (χ3v) is 4.04. The van der Waals surface area contributed by atoms with E-state index in [0.29, 0.717) is 21.6 Å². The zero-order valence-electron chi connectivity index (χ0n) is 13.1. The molecule has 0 saturated heterocycles. The van der Waals surface area contributed by atoms with Gasteiger partial charge in [-0.15, -0.1) is 0 Å². The number of aliphatic hydroxyl groups is 1. The summed E-state index contributed by atoms with van der Waals surface area (Å²) in [4.78, 5) is 3.56. The van der Waals surface area contributed by atoms with Gasteiger partial charge in [0.25, 0.3) is 0 Å². The molecule has 1 unspecified atom stereocenters. The number of nitrogens with two attached hydrogens (primary N) is 2. The lowest BCUT2D eigenvalue weighted by Gasteiger charge is -2.37. The van der Waals surface area contributed by atoms with Gasteiger partial charge < -0.3 is 10.9 Å². The van der Waals surface area contributed by atoms with Gasteiger partial charge in [0.1, 0.15) is 23.7 Å². The van der Waals surface area contributed by atoms with Gasteiger partial charge in [-0.25, -0.2) is 14.6 Å². The van der Waals surface area contributed by atoms with E-state index in [1.807, 2.05) is 0 Å². The van der Waals surface area contributed by atoms with Crippen LogP contribution >= 0.6 is 15.9 Å². The molecule has 1 heterocycles. The number of rotatable bonds is 6. The summed E-state index contributed by atoms with van der Waals surface area (Å²) in [5, 5.41) is 14.4. The van der Waals surface area contributed by atoms with E-state index in [1.54, 1.807) is 0 Å². The summed E-state index contributed by atoms with van der Waals surface area (Å²) in [6.07, 6.45) is 1.82. The zero-order chi connectivity index (χ0) is 19.5. The summed E-state index contributed by atoms with van der Waals surface area (Å²) >= 11 is 3.05. The average molecular weight is 436 g/mol. The molecule has 1 aromatic heterocycles. The number of hydrogen-bond donors (Lipinski definition) is 3. The Morgan fingerprint density at radius 1 is 1.27 bits per heavy atom. The monoisotopic (exact) mass is 435 g/mol. The fraction of sp³-hybridized carbons (Fsp3) is 0.200. The van der Waals surface area contributed by atoms with Crippen LogP contribution in [-0.4, -0.2) is 28.0 Å². The number of pyridine rings is 1. The van der Waals surface area contributed by atoms with Gasteiger partial charge in [0, 0.05) is 16.2 Å². The van der Waals surface area contributed by atoms with Gasteiger partial charge in [0.15, 0.2) is 5.60 Å². The van der Waals surface area contributed by atoms with Crippen LogP contribution in [0, 0.1) is 11.6 Å². The molecule has 26 heavy (non-hydrogen) atoms. The standard InChI is InChI=1S/C15H14BrF4N5O/c16-9-1-4-13(23-6-9)15(19,20)14(26,7-25(22)8-24-21)11-5-10(17)2-3-12(11)18/h1-6,8,26H,7,21-22H2/b24-8-. The average Bonchev–Trinajstić information content (AvgIpc) is 2.57. The van der Waals surface area contributed by atoms with E-state index in [9.17, 15) is 13.9 Å². The SMILES string of the molecule is N/N=C\N(N)CC(O)(c1cc(F)ccc1F)C(F)(F)c1ccc(Br)cn1. The Balaban J connectivity index is 2.66. The smallest absolute Gasteiger partial charge is 0.323 e. The molecular formula is C15H14BrF4N5O. The van der Waals surface area contributed by atoms with Crippen LogP contribution in [0.5, 0.6) is 0 Å². The highest BCUT2D eigenvalue weighted by molar-refractivity contribution is 9.10. The maximum atomic E-state index is 15.2. The van der Waals surface area contributed by atoms with Crippen LogP contribution < -0.4 is 11.7 Å². The molecule has 1 aromatic carbocycles. The highest BCUT2D eigenvalue weighted by Gasteiger charge is 2.58. The Morgan fingerprint density at radius 2 is 1.96 bits per heavy atom. The van der Waals surface area contributed by atoms with Gasteiger partial charge in [-0.3, -0.25) is 9.99 Å². The van der Waals surface area contributed by atoms with E-state index in [-0.39, 0.29) is 0 Å². The van der Waals surface area contributed by atoms with Crippen LogP contribution in [0.4, 0.5) is 17.6 Å². The highest BCUT2D eigenvalue weighted by Crippen LogP contribution is 2.46. The molecule has 2 aromatic rings. The van der Waals surface area contributed by atoms with Crippen molar-refractivity contribution in [1.82, 2.24) is 9.99 Å². The quantitative estimate of drug-likeness (QED) is 0.212. The minimum atomic E-state index is -4.15. The third kappa shape index (κ3) is 3.79. The number of aromatic nitrogens is 1. The minimum Gasteiger partial charge on any atom is -0.377 e. The Labute approximate surface area is 154 Å². The number of alkyl halides is 2. The molecule has 0 aliphatic carbocycles. The van der Waals surface area contributed by atoms with Crippen molar-refractivity contribution in [3.8, 4) is 0 Å². The fourth-order valence-electron chi connectivity index (χ4n) is 2.33. The highest BCUT2D eigenvalue weighted by atomic mass is 79.9. The molecule has 140 valence electrons. The van der Waals surface area contributed by atoms with Crippen LogP contribution in [0.1, 0.15) is 11.3 Å². The Bertz CT molecular complexity index is 805. The molecule has 0 aliphatic heterocycles. The van der Waals surface area contributed by atoms with Gasteiger partial charge in [0.2, 0.25) is 0 Å². The number of benzene rings is 1. The summed E-state index contributed by atoms with van der Waals surface area (Å²) in [6.45, 7) is -1.06. The fourth-order valence-corrected chi connectivity index (χ4v) is 2.57. The zero-order valence-corrected chi connectivity index (χ0v) is 14.7. The Hall–Kier alpha value is -2.24. The van der Waals surface area contributed by atoms with Crippen LogP contribution in [0.25, 0.3) is 0 Å². The summed E-state index contributed by atoms with van der Waals surface area (Å²) in [6, 6.07) is 4.02. The van der Waals surface area contributed by atoms with Crippen LogP contribution in [-0.2, 0) is 11.5 Å². The summed E-state index contributed by atoms with van der Waals surface area (Å²) in [5.41, 5.74) is -5.14. The Morgan fingerprint density at radius 3 is 2.54 bits per heavy atom. The molecule has 5 N–H and O–H groups in total. The molecule has 0 spiro atoms. The van der Waals surface area contributed by atoms with Crippen molar-refractivity contribution in [3.63, 3.8) is 0 Å². The van der Waals surface area contributed by atoms with Gasteiger partial charge in [-0.2, -0.15) is 13.9 Å². The molecule has 0 bridgehead atoms. The van der Waals surface area contributed by atoms with Crippen molar-refractivity contribution in [2.75, 3.05) is 6.54 Å². The summed E-state index contributed by atoms with van der Waals surface area (Å²) in [7, 11) is 0. The maximum Gasteiger partial charge on any atom is 0.323 e. The lowest BCUT2D eigenvalue weighted by molar-refractivity contribution is -0.203. The van der Waals surface area contributed by atoms with Crippen molar-refractivity contribution >= 4 is 22.3 Å². The lowest BCUT2D eigenvalue weighted by atomic mass is 9.84. The van der Waals surface area contributed by atoms with Crippen molar-refractivity contribution in [2.45, 2.75) is 11.5 Å². The van der Waals surface area contributed by atoms with E-state index in [4.69, 9.17) is 11.7 Å². The van der Waals surface area contributed by atoms with E-state index in [1.165, 1.54) is 6.07 Å². The molecule has 2 rings (SSSR count). The lowest BCUT2D eigenvalue weighted by Crippen LogP contribution is -2.54. The Kier molecular flexibility index (Phi) is 5.84. The summed E-state index contributed by atoms with van der Waals surface area (Å²) in [5.74, 6) is 3.95. The third-order valence-electron chi connectivity index (χ3n) is 3.57. The van der Waals surface area contributed by atoms with Crippen LogP contribution in [0.2, 0.25) is 0 Å². The van der Waals surface area contributed by atoms with Crippen LogP contribution in [0.3, 0.4) is 0 Å². The first-order valence-corrected chi connectivity index (χ1v) is 7.83. The number of halogens is 5. The number of hydrogen-bond acceptors (Lipinski definition) is 5. The van der Waals surface area contributed by atoms with Crippen molar-refractivity contribution < 1.29 is 22.7 Å². The predicted molar refractivity (Wildman–Crippen MR) is 89.7 cm³/mol.